The van der Waals surface area contributed by atoms with Crippen molar-refractivity contribution < 1.29 is 13.5 Å². The van der Waals surface area contributed by atoms with Crippen molar-refractivity contribution >= 4 is 0 Å². The van der Waals surface area contributed by atoms with E-state index in [9.17, 15) is 8.78 Å². The van der Waals surface area contributed by atoms with E-state index in [4.69, 9.17) is 4.74 Å². The van der Waals surface area contributed by atoms with Crippen LogP contribution in [0.15, 0.2) is 24.3 Å². The molecule has 1 aliphatic carbocycles. The standard InChI is InChI=1S/C12H15F2NO/c13-12(14)8-16-11-3-1-2-9(6-11)7-15-10-4-5-10/h1-3,6,10,12,15H,4-5,7-8H2. The Kier molecular flexibility index (Phi) is 3.72. The molecule has 0 aliphatic heterocycles. The van der Waals surface area contributed by atoms with Gasteiger partial charge in [-0.2, -0.15) is 0 Å². The first-order valence-electron chi connectivity index (χ1n) is 5.47. The summed E-state index contributed by atoms with van der Waals surface area (Å²) in [5.74, 6) is 0.510. The molecular formula is C12H15F2NO. The molecule has 0 atom stereocenters. The predicted molar refractivity (Wildman–Crippen MR) is 57.8 cm³/mol. The molecule has 0 heterocycles. The first-order chi connectivity index (χ1) is 7.74. The topological polar surface area (TPSA) is 21.3 Å². The maximum atomic E-state index is 11.9. The summed E-state index contributed by atoms with van der Waals surface area (Å²) in [6.45, 7) is 0.232. The van der Waals surface area contributed by atoms with Gasteiger partial charge in [0.25, 0.3) is 6.43 Å². The molecule has 1 aromatic rings. The van der Waals surface area contributed by atoms with Gasteiger partial charge in [-0.25, -0.2) is 8.78 Å². The molecule has 1 saturated carbocycles. The Morgan fingerprint density at radius 2 is 2.19 bits per heavy atom. The number of nitrogens with one attached hydrogen (secondary N) is 1. The van der Waals surface area contributed by atoms with Crippen molar-refractivity contribution in [1.82, 2.24) is 5.32 Å². The zero-order chi connectivity index (χ0) is 11.4. The maximum Gasteiger partial charge on any atom is 0.272 e. The number of ether oxygens (including phenoxy) is 1. The van der Waals surface area contributed by atoms with Crippen LogP contribution in [0.2, 0.25) is 0 Å². The van der Waals surface area contributed by atoms with E-state index < -0.39 is 13.0 Å². The average Bonchev–Trinajstić information content (AvgIpc) is 3.08. The fourth-order valence-electron chi connectivity index (χ4n) is 1.45. The van der Waals surface area contributed by atoms with Gasteiger partial charge < -0.3 is 10.1 Å². The first-order valence-corrected chi connectivity index (χ1v) is 5.47. The highest BCUT2D eigenvalue weighted by atomic mass is 19.3. The van der Waals surface area contributed by atoms with Crippen molar-refractivity contribution in [2.75, 3.05) is 6.61 Å². The molecule has 0 unspecified atom stereocenters. The summed E-state index contributed by atoms with van der Waals surface area (Å²) in [5, 5.41) is 3.36. The lowest BCUT2D eigenvalue weighted by atomic mass is 10.2. The molecule has 88 valence electrons. The molecule has 2 nitrogen and oxygen atoms in total. The van der Waals surface area contributed by atoms with E-state index in [0.717, 1.165) is 12.1 Å². The second kappa shape index (κ2) is 5.25. The number of benzene rings is 1. The fourth-order valence-corrected chi connectivity index (χ4v) is 1.45. The summed E-state index contributed by atoms with van der Waals surface area (Å²) in [5.41, 5.74) is 1.07. The molecule has 1 fully saturated rings. The molecule has 0 amide bonds. The maximum absolute atomic E-state index is 11.9. The summed E-state index contributed by atoms with van der Waals surface area (Å²) in [6.07, 6.45) is 0.0524. The monoisotopic (exact) mass is 227 g/mol. The van der Waals surface area contributed by atoms with E-state index in [-0.39, 0.29) is 0 Å². The van der Waals surface area contributed by atoms with Crippen LogP contribution in [0, 0.1) is 0 Å². The van der Waals surface area contributed by atoms with Gasteiger partial charge in [-0.15, -0.1) is 0 Å². The van der Waals surface area contributed by atoms with Crippen LogP contribution in [-0.2, 0) is 6.54 Å². The Morgan fingerprint density at radius 1 is 1.38 bits per heavy atom. The highest BCUT2D eigenvalue weighted by Gasteiger charge is 2.19. The van der Waals surface area contributed by atoms with Gasteiger partial charge in [0.2, 0.25) is 0 Å². The van der Waals surface area contributed by atoms with Crippen LogP contribution >= 0.6 is 0 Å². The Balaban J connectivity index is 1.84. The molecule has 4 heteroatoms. The fraction of sp³-hybridized carbons (Fsp3) is 0.500. The van der Waals surface area contributed by atoms with Crippen LogP contribution in [0.5, 0.6) is 5.75 Å². The third kappa shape index (κ3) is 3.77. The van der Waals surface area contributed by atoms with Crippen molar-refractivity contribution in [3.8, 4) is 5.75 Å². The lowest BCUT2D eigenvalue weighted by molar-refractivity contribution is 0.0818. The number of rotatable bonds is 6. The normalized spacial score (nSPS) is 15.4. The minimum atomic E-state index is -2.42. The highest BCUT2D eigenvalue weighted by molar-refractivity contribution is 5.28. The van der Waals surface area contributed by atoms with Gasteiger partial charge in [0.05, 0.1) is 0 Å². The van der Waals surface area contributed by atoms with Gasteiger partial charge in [-0.3, -0.25) is 0 Å². The third-order valence-corrected chi connectivity index (χ3v) is 2.45. The zero-order valence-electron chi connectivity index (χ0n) is 8.96. The summed E-state index contributed by atoms with van der Waals surface area (Å²) in [4.78, 5) is 0. The Bertz CT molecular complexity index is 318. The van der Waals surface area contributed by atoms with Gasteiger partial charge in [0.1, 0.15) is 12.4 Å². The van der Waals surface area contributed by atoms with Crippen molar-refractivity contribution in [2.45, 2.75) is 31.9 Å². The SMILES string of the molecule is FC(F)COc1cccc(CNC2CC2)c1. The molecule has 1 aliphatic rings. The largest absolute Gasteiger partial charge is 0.488 e. The quantitative estimate of drug-likeness (QED) is 0.806. The van der Waals surface area contributed by atoms with Crippen LogP contribution in [0.4, 0.5) is 8.78 Å². The lowest BCUT2D eigenvalue weighted by Crippen LogP contribution is -2.15. The van der Waals surface area contributed by atoms with E-state index in [2.05, 4.69) is 5.32 Å². The first kappa shape index (κ1) is 11.3. The molecule has 0 radical (unpaired) electrons. The van der Waals surface area contributed by atoms with Gasteiger partial charge in [0, 0.05) is 12.6 Å². The van der Waals surface area contributed by atoms with E-state index in [1.165, 1.54) is 12.8 Å². The van der Waals surface area contributed by atoms with Gasteiger partial charge >= 0.3 is 0 Å². The number of alkyl halides is 2. The Hall–Kier alpha value is -1.16. The molecular weight excluding hydrogens is 212 g/mol. The molecule has 2 rings (SSSR count). The van der Waals surface area contributed by atoms with Crippen molar-refractivity contribution in [2.24, 2.45) is 0 Å². The number of hydrogen-bond acceptors (Lipinski definition) is 2. The summed E-state index contributed by atoms with van der Waals surface area (Å²) in [6, 6.07) is 7.93. The lowest BCUT2D eigenvalue weighted by Gasteiger charge is -2.08. The number of halogens is 2. The summed E-state index contributed by atoms with van der Waals surface area (Å²) >= 11 is 0. The van der Waals surface area contributed by atoms with E-state index in [0.29, 0.717) is 11.8 Å². The van der Waals surface area contributed by atoms with Gasteiger partial charge in [0.15, 0.2) is 0 Å². The molecule has 0 saturated heterocycles. The zero-order valence-corrected chi connectivity index (χ0v) is 8.96. The van der Waals surface area contributed by atoms with Crippen LogP contribution in [-0.4, -0.2) is 19.1 Å². The van der Waals surface area contributed by atoms with E-state index in [1.807, 2.05) is 12.1 Å². The number of hydrogen-bond donors (Lipinski definition) is 1. The molecule has 1 aromatic carbocycles. The minimum Gasteiger partial charge on any atom is -0.488 e. The second-order valence-corrected chi connectivity index (χ2v) is 4.00. The minimum absolute atomic E-state index is 0.510. The highest BCUT2D eigenvalue weighted by Crippen LogP contribution is 2.20. The van der Waals surface area contributed by atoms with Gasteiger partial charge in [-0.1, -0.05) is 12.1 Å². The molecule has 0 spiro atoms. The molecule has 16 heavy (non-hydrogen) atoms. The Morgan fingerprint density at radius 3 is 2.88 bits per heavy atom. The van der Waals surface area contributed by atoms with Crippen molar-refractivity contribution in [3.63, 3.8) is 0 Å². The Labute approximate surface area is 93.6 Å². The molecule has 1 N–H and O–H groups in total. The average molecular weight is 227 g/mol. The second-order valence-electron chi connectivity index (χ2n) is 4.00. The van der Waals surface area contributed by atoms with Gasteiger partial charge in [-0.05, 0) is 30.5 Å². The summed E-state index contributed by atoms with van der Waals surface area (Å²) < 4.78 is 28.8. The molecule has 0 aromatic heterocycles. The van der Waals surface area contributed by atoms with Crippen LogP contribution in [0.1, 0.15) is 18.4 Å². The van der Waals surface area contributed by atoms with Crippen molar-refractivity contribution in [3.05, 3.63) is 29.8 Å². The van der Waals surface area contributed by atoms with Crippen LogP contribution in [0.25, 0.3) is 0 Å². The summed E-state index contributed by atoms with van der Waals surface area (Å²) in [7, 11) is 0. The van der Waals surface area contributed by atoms with Crippen molar-refractivity contribution in [1.29, 1.82) is 0 Å². The van der Waals surface area contributed by atoms with E-state index in [1.54, 1.807) is 12.1 Å². The van der Waals surface area contributed by atoms with Crippen LogP contribution in [0.3, 0.4) is 0 Å². The van der Waals surface area contributed by atoms with E-state index >= 15 is 0 Å². The van der Waals surface area contributed by atoms with Crippen LogP contribution < -0.4 is 10.1 Å². The predicted octanol–water partition coefficient (Wildman–Crippen LogP) is 2.58. The molecule has 0 bridgehead atoms. The smallest absolute Gasteiger partial charge is 0.272 e. The third-order valence-electron chi connectivity index (χ3n) is 2.45.